The predicted octanol–water partition coefficient (Wildman–Crippen LogP) is 5.20. The minimum absolute atomic E-state index is 0.160. The Morgan fingerprint density at radius 3 is 2.45 bits per heavy atom. The van der Waals surface area contributed by atoms with Gasteiger partial charge in [0.05, 0.1) is 40.6 Å². The molecule has 44 heavy (non-hydrogen) atoms. The minimum atomic E-state index is -0.657. The summed E-state index contributed by atoms with van der Waals surface area (Å²) in [4.78, 5) is 37.0. The van der Waals surface area contributed by atoms with Crippen molar-refractivity contribution in [3.8, 4) is 0 Å². The first-order chi connectivity index (χ1) is 21.0. The van der Waals surface area contributed by atoms with Gasteiger partial charge in [-0.05, 0) is 81.6 Å². The van der Waals surface area contributed by atoms with Gasteiger partial charge in [0.25, 0.3) is 5.56 Å². The summed E-state index contributed by atoms with van der Waals surface area (Å²) in [5.41, 5.74) is 2.23. The number of esters is 1. The molecule has 0 aliphatic carbocycles. The maximum absolute atomic E-state index is 13.5. The van der Waals surface area contributed by atoms with E-state index < -0.39 is 17.1 Å². The summed E-state index contributed by atoms with van der Waals surface area (Å²) in [5.74, 6) is 0.195. The van der Waals surface area contributed by atoms with Gasteiger partial charge in [-0.15, -0.1) is 4.73 Å². The number of likely N-dealkylation sites (tertiary alicyclic amines) is 1. The van der Waals surface area contributed by atoms with Gasteiger partial charge in [-0.25, -0.2) is 19.2 Å². The van der Waals surface area contributed by atoms with E-state index in [2.05, 4.69) is 19.8 Å². The maximum atomic E-state index is 13.5. The molecule has 2 N–H and O–H groups in total. The molecule has 0 spiro atoms. The molecule has 1 saturated heterocycles. The number of para-hydroxylation sites is 2. The number of nitrogens with zero attached hydrogens (tertiary/aromatic N) is 5. The van der Waals surface area contributed by atoms with Crippen LogP contribution in [0.25, 0.3) is 21.9 Å². The van der Waals surface area contributed by atoms with Gasteiger partial charge in [0.15, 0.2) is 5.82 Å². The smallest absolute Gasteiger partial charge is 0.338 e. The zero-order chi connectivity index (χ0) is 31.0. The van der Waals surface area contributed by atoms with Crippen molar-refractivity contribution in [1.82, 2.24) is 24.2 Å². The number of fused-ring (bicyclic) bond motifs is 2. The Labute approximate surface area is 253 Å². The molecule has 1 aliphatic heterocycles. The molecule has 0 radical (unpaired) electrons. The summed E-state index contributed by atoms with van der Waals surface area (Å²) in [5, 5.41) is 14.5. The van der Waals surface area contributed by atoms with Gasteiger partial charge < -0.3 is 19.8 Å². The first-order valence-electron chi connectivity index (χ1n) is 14.7. The van der Waals surface area contributed by atoms with Crippen LogP contribution in [0.15, 0.2) is 71.5 Å². The number of ether oxygens (including phenoxy) is 1. The maximum Gasteiger partial charge on any atom is 0.338 e. The molecule has 0 bridgehead atoms. The number of rotatable bonds is 7. The van der Waals surface area contributed by atoms with Gasteiger partial charge in [-0.2, -0.15) is 0 Å². The fourth-order valence-electron chi connectivity index (χ4n) is 5.53. The average Bonchev–Trinajstić information content (AvgIpc) is 3.33. The number of carbonyl (C=O) groups excluding carboxylic acids is 1. The summed E-state index contributed by atoms with van der Waals surface area (Å²) in [6, 6.07) is 19.1. The molecule has 0 atom stereocenters. The van der Waals surface area contributed by atoms with Crippen molar-refractivity contribution in [2.24, 2.45) is 0 Å². The SMILES string of the molecule is CC(C)(C)OC(=O)c1ccc2c(=O)n(O)c(CN3CCC(Nc4nc5ccccc5n4Cc4ccc(F)cc4)CC3)nc2c1. The number of anilines is 1. The van der Waals surface area contributed by atoms with Crippen LogP contribution in [0.2, 0.25) is 0 Å². The van der Waals surface area contributed by atoms with Crippen LogP contribution < -0.4 is 10.9 Å². The first kappa shape index (κ1) is 29.3. The first-order valence-corrected chi connectivity index (χ1v) is 14.7. The second-order valence-corrected chi connectivity index (χ2v) is 12.2. The zero-order valence-corrected chi connectivity index (χ0v) is 25.0. The Hall–Kier alpha value is -4.77. The second-order valence-electron chi connectivity index (χ2n) is 12.2. The Morgan fingerprint density at radius 1 is 1.00 bits per heavy atom. The highest BCUT2D eigenvalue weighted by molar-refractivity contribution is 5.94. The highest BCUT2D eigenvalue weighted by Gasteiger charge is 2.24. The number of hydrogen-bond donors (Lipinski definition) is 2. The van der Waals surface area contributed by atoms with Crippen LogP contribution >= 0.6 is 0 Å². The van der Waals surface area contributed by atoms with Gasteiger partial charge in [0.2, 0.25) is 5.95 Å². The second kappa shape index (κ2) is 11.7. The summed E-state index contributed by atoms with van der Waals surface area (Å²) in [6.45, 7) is 7.61. The summed E-state index contributed by atoms with van der Waals surface area (Å²) >= 11 is 0. The van der Waals surface area contributed by atoms with Crippen molar-refractivity contribution in [2.75, 3.05) is 18.4 Å². The van der Waals surface area contributed by atoms with Crippen LogP contribution in [-0.4, -0.2) is 60.1 Å². The number of imidazole rings is 1. The third-order valence-corrected chi connectivity index (χ3v) is 7.74. The van der Waals surface area contributed by atoms with Crippen LogP contribution in [0.5, 0.6) is 0 Å². The van der Waals surface area contributed by atoms with Crippen LogP contribution in [0.4, 0.5) is 10.3 Å². The predicted molar refractivity (Wildman–Crippen MR) is 166 cm³/mol. The quantitative estimate of drug-likeness (QED) is 0.194. The lowest BCUT2D eigenvalue weighted by Crippen LogP contribution is -2.40. The molecule has 5 aromatic rings. The van der Waals surface area contributed by atoms with Gasteiger partial charge >= 0.3 is 5.97 Å². The molecular weight excluding hydrogens is 563 g/mol. The number of aromatic nitrogens is 4. The monoisotopic (exact) mass is 598 g/mol. The molecule has 3 aromatic carbocycles. The lowest BCUT2D eigenvalue weighted by molar-refractivity contribution is 0.00696. The lowest BCUT2D eigenvalue weighted by Gasteiger charge is -2.32. The minimum Gasteiger partial charge on any atom is -0.456 e. The van der Waals surface area contributed by atoms with Crippen molar-refractivity contribution >= 4 is 33.9 Å². The van der Waals surface area contributed by atoms with Crippen LogP contribution in [-0.2, 0) is 17.8 Å². The Bertz CT molecular complexity index is 1890. The highest BCUT2D eigenvalue weighted by atomic mass is 19.1. The molecule has 3 heterocycles. The van der Waals surface area contributed by atoms with Gasteiger partial charge in [-0.3, -0.25) is 9.69 Å². The van der Waals surface area contributed by atoms with Crippen LogP contribution in [0.3, 0.4) is 0 Å². The van der Waals surface area contributed by atoms with Crippen molar-refractivity contribution in [1.29, 1.82) is 0 Å². The Morgan fingerprint density at radius 2 is 1.73 bits per heavy atom. The number of carbonyl (C=O) groups is 1. The lowest BCUT2D eigenvalue weighted by atomic mass is 10.1. The van der Waals surface area contributed by atoms with Crippen molar-refractivity contribution in [3.05, 3.63) is 99.9 Å². The Balaban J connectivity index is 1.15. The van der Waals surface area contributed by atoms with Crippen molar-refractivity contribution in [3.63, 3.8) is 0 Å². The molecule has 228 valence electrons. The van der Waals surface area contributed by atoms with E-state index in [1.54, 1.807) is 32.9 Å². The van der Waals surface area contributed by atoms with E-state index in [1.807, 2.05) is 24.3 Å². The third-order valence-electron chi connectivity index (χ3n) is 7.74. The molecule has 6 rings (SSSR count). The van der Waals surface area contributed by atoms with Crippen LogP contribution in [0, 0.1) is 5.82 Å². The molecule has 0 saturated carbocycles. The number of piperidine rings is 1. The molecule has 2 aromatic heterocycles. The number of nitrogens with one attached hydrogen (secondary N) is 1. The summed E-state index contributed by atoms with van der Waals surface area (Å²) in [6.07, 6.45) is 1.62. The van der Waals surface area contributed by atoms with E-state index in [4.69, 9.17) is 9.72 Å². The van der Waals surface area contributed by atoms with E-state index in [9.17, 15) is 19.2 Å². The van der Waals surface area contributed by atoms with Crippen molar-refractivity contribution < 1.29 is 19.1 Å². The largest absolute Gasteiger partial charge is 0.456 e. The van der Waals surface area contributed by atoms with E-state index in [-0.39, 0.29) is 29.6 Å². The number of halogens is 1. The third kappa shape index (κ3) is 6.28. The zero-order valence-electron chi connectivity index (χ0n) is 25.0. The van der Waals surface area contributed by atoms with Crippen molar-refractivity contribution in [2.45, 2.75) is 58.3 Å². The molecule has 0 amide bonds. The molecule has 0 unspecified atom stereocenters. The fraction of sp³-hybridized carbons (Fsp3) is 0.333. The highest BCUT2D eigenvalue weighted by Crippen LogP contribution is 2.25. The van der Waals surface area contributed by atoms with Gasteiger partial charge in [0, 0.05) is 19.1 Å². The molecular formula is C33H35FN6O4. The number of hydrogen-bond acceptors (Lipinski definition) is 8. The molecule has 10 nitrogen and oxygen atoms in total. The Kier molecular flexibility index (Phi) is 7.81. The van der Waals surface area contributed by atoms with E-state index in [1.165, 1.54) is 30.3 Å². The van der Waals surface area contributed by atoms with Gasteiger partial charge in [0.1, 0.15) is 11.4 Å². The van der Waals surface area contributed by atoms with Gasteiger partial charge in [-0.1, -0.05) is 24.3 Å². The molecule has 1 aliphatic rings. The topological polar surface area (TPSA) is 115 Å². The number of benzene rings is 3. The summed E-state index contributed by atoms with van der Waals surface area (Å²) in [7, 11) is 0. The standard InChI is InChI=1S/C33H35FN6O4/c1-33(2,3)44-31(42)22-10-13-25-27(18-22)36-29(40(43)30(25)41)20-38-16-14-24(15-17-38)35-32-37-26-6-4-5-7-28(26)39(32)19-21-8-11-23(34)12-9-21/h4-13,18,24,43H,14-17,19-20H2,1-3H3,(H,35,37). The molecule has 1 fully saturated rings. The van der Waals surface area contributed by atoms with E-state index in [0.29, 0.717) is 35.4 Å². The average molecular weight is 599 g/mol. The fourth-order valence-corrected chi connectivity index (χ4v) is 5.53. The normalized spacial score (nSPS) is 14.7. The van der Waals surface area contributed by atoms with Crippen LogP contribution in [0.1, 0.15) is 55.4 Å². The summed E-state index contributed by atoms with van der Waals surface area (Å²) < 4.78 is 21.7. The van der Waals surface area contributed by atoms with E-state index in [0.717, 1.165) is 35.4 Å². The van der Waals surface area contributed by atoms with E-state index >= 15 is 0 Å². The molecule has 11 heteroatoms.